The van der Waals surface area contributed by atoms with Gasteiger partial charge in [0.05, 0.1) is 0 Å². The number of nitrogens with one attached hydrogen (secondary N) is 2. The quantitative estimate of drug-likeness (QED) is 0.710. The molecule has 19 heavy (non-hydrogen) atoms. The maximum Gasteiger partial charge on any atom is 0.329 e. The number of hydrogen-bond acceptors (Lipinski definition) is 3. The summed E-state index contributed by atoms with van der Waals surface area (Å²) in [7, 11) is 0. The Morgan fingerprint density at radius 2 is 2.11 bits per heavy atom. The third kappa shape index (κ3) is 2.91. The monoisotopic (exact) mass is 268 g/mol. The molecule has 5 heteroatoms. The first-order chi connectivity index (χ1) is 8.94. The van der Waals surface area contributed by atoms with Crippen molar-refractivity contribution in [3.05, 3.63) is 0 Å². The van der Waals surface area contributed by atoms with Gasteiger partial charge in [0.25, 0.3) is 0 Å². The molecule has 108 valence electrons. The summed E-state index contributed by atoms with van der Waals surface area (Å²) in [5.74, 6) is -0.415. The summed E-state index contributed by atoms with van der Waals surface area (Å²) in [5.41, 5.74) is -1.04. The van der Waals surface area contributed by atoms with E-state index < -0.39 is 11.5 Å². The topological polar surface area (TPSA) is 78.4 Å². The maximum atomic E-state index is 12.3. The van der Waals surface area contributed by atoms with Crippen LogP contribution < -0.4 is 10.6 Å². The fourth-order valence-electron chi connectivity index (χ4n) is 3.14. The van der Waals surface area contributed by atoms with Gasteiger partial charge in [0.2, 0.25) is 5.91 Å². The van der Waals surface area contributed by atoms with Crippen molar-refractivity contribution in [2.24, 2.45) is 17.8 Å². The van der Waals surface area contributed by atoms with Crippen molar-refractivity contribution >= 4 is 11.9 Å². The fraction of sp³-hybridized carbons (Fsp3) is 0.857. The molecule has 1 saturated carbocycles. The van der Waals surface area contributed by atoms with E-state index in [1.54, 1.807) is 0 Å². The Bertz CT molecular complexity index is 368. The maximum absolute atomic E-state index is 12.3. The minimum absolute atomic E-state index is 0.108. The van der Waals surface area contributed by atoms with E-state index in [1.807, 2.05) is 6.92 Å². The van der Waals surface area contributed by atoms with Crippen molar-refractivity contribution in [1.29, 1.82) is 0 Å². The Balaban J connectivity index is 2.03. The van der Waals surface area contributed by atoms with Crippen molar-refractivity contribution in [2.45, 2.75) is 45.1 Å². The Labute approximate surface area is 114 Å². The van der Waals surface area contributed by atoms with E-state index in [9.17, 15) is 14.7 Å². The minimum atomic E-state index is -1.04. The van der Waals surface area contributed by atoms with Crippen LogP contribution in [0.3, 0.4) is 0 Å². The zero-order valence-corrected chi connectivity index (χ0v) is 11.7. The van der Waals surface area contributed by atoms with Crippen LogP contribution in [-0.2, 0) is 9.59 Å². The number of carbonyl (C=O) groups excluding carboxylic acids is 1. The molecule has 3 N–H and O–H groups in total. The largest absolute Gasteiger partial charge is 0.480 e. The predicted molar refractivity (Wildman–Crippen MR) is 71.7 cm³/mol. The summed E-state index contributed by atoms with van der Waals surface area (Å²) in [6.07, 6.45) is 3.01. The minimum Gasteiger partial charge on any atom is -0.480 e. The van der Waals surface area contributed by atoms with E-state index in [2.05, 4.69) is 17.6 Å². The molecule has 2 rings (SSSR count). The molecular formula is C14H24N2O3. The van der Waals surface area contributed by atoms with E-state index in [4.69, 9.17) is 0 Å². The second-order valence-corrected chi connectivity index (χ2v) is 6.29. The summed E-state index contributed by atoms with van der Waals surface area (Å²) >= 11 is 0. The van der Waals surface area contributed by atoms with Gasteiger partial charge in [-0.25, -0.2) is 4.79 Å². The van der Waals surface area contributed by atoms with Gasteiger partial charge in [-0.2, -0.15) is 0 Å². The standard InChI is InChI=1S/C14H24N2O3/c1-9-4-3-5-14(6-9,13(18)19)16-12(17)10(2)11-7-15-8-11/h9-11,15H,3-8H2,1-2H3,(H,16,17)(H,18,19). The van der Waals surface area contributed by atoms with Gasteiger partial charge in [0.1, 0.15) is 5.54 Å². The Kier molecular flexibility index (Phi) is 4.13. The number of rotatable bonds is 4. The SMILES string of the molecule is CC1CCCC(NC(=O)C(C)C2CNC2)(C(=O)O)C1. The zero-order valence-electron chi connectivity index (χ0n) is 11.7. The van der Waals surface area contributed by atoms with Crippen molar-refractivity contribution in [1.82, 2.24) is 10.6 Å². The molecule has 0 aromatic rings. The number of carboxylic acids is 1. The molecule has 0 bridgehead atoms. The average molecular weight is 268 g/mol. The number of hydrogen-bond donors (Lipinski definition) is 3. The van der Waals surface area contributed by atoms with Crippen LogP contribution in [0.15, 0.2) is 0 Å². The van der Waals surface area contributed by atoms with Crippen molar-refractivity contribution < 1.29 is 14.7 Å². The lowest BCUT2D eigenvalue weighted by atomic mass is 9.75. The molecule has 0 aromatic carbocycles. The average Bonchev–Trinajstić information content (AvgIpc) is 2.26. The summed E-state index contributed by atoms with van der Waals surface area (Å²) in [5, 5.41) is 15.5. The van der Waals surface area contributed by atoms with Crippen molar-refractivity contribution in [3.8, 4) is 0 Å². The Morgan fingerprint density at radius 1 is 1.42 bits per heavy atom. The lowest BCUT2D eigenvalue weighted by Crippen LogP contribution is -2.59. The molecular weight excluding hydrogens is 244 g/mol. The first-order valence-corrected chi connectivity index (χ1v) is 7.21. The molecule has 1 amide bonds. The molecule has 1 aliphatic carbocycles. The van der Waals surface area contributed by atoms with E-state index in [0.29, 0.717) is 24.7 Å². The highest BCUT2D eigenvalue weighted by atomic mass is 16.4. The lowest BCUT2D eigenvalue weighted by molar-refractivity contribution is -0.151. The van der Waals surface area contributed by atoms with Gasteiger partial charge in [-0.05, 0) is 37.8 Å². The summed E-state index contributed by atoms with van der Waals surface area (Å²) < 4.78 is 0. The molecule has 2 fully saturated rings. The fourth-order valence-corrected chi connectivity index (χ4v) is 3.14. The summed E-state index contributed by atoms with van der Waals surface area (Å²) in [4.78, 5) is 23.9. The van der Waals surface area contributed by atoms with E-state index in [1.165, 1.54) is 0 Å². The number of carboxylic acid groups (broad SMARTS) is 1. The molecule has 5 nitrogen and oxygen atoms in total. The van der Waals surface area contributed by atoms with Crippen LogP contribution in [-0.4, -0.2) is 35.6 Å². The highest BCUT2D eigenvalue weighted by molar-refractivity contribution is 5.88. The van der Waals surface area contributed by atoms with Gasteiger partial charge in [-0.3, -0.25) is 4.79 Å². The smallest absolute Gasteiger partial charge is 0.329 e. The van der Waals surface area contributed by atoms with Crippen molar-refractivity contribution in [3.63, 3.8) is 0 Å². The van der Waals surface area contributed by atoms with E-state index in [0.717, 1.165) is 25.9 Å². The molecule has 0 spiro atoms. The third-order valence-corrected chi connectivity index (χ3v) is 4.70. The normalized spacial score (nSPS) is 33.3. The van der Waals surface area contributed by atoms with Gasteiger partial charge in [0.15, 0.2) is 0 Å². The number of aliphatic carboxylic acids is 1. The Hall–Kier alpha value is -1.10. The van der Waals surface area contributed by atoms with Gasteiger partial charge < -0.3 is 15.7 Å². The first kappa shape index (κ1) is 14.3. The van der Waals surface area contributed by atoms with E-state index in [-0.39, 0.29) is 11.8 Å². The summed E-state index contributed by atoms with van der Waals surface area (Å²) in [6, 6.07) is 0. The Morgan fingerprint density at radius 3 is 2.58 bits per heavy atom. The van der Waals surface area contributed by atoms with Gasteiger partial charge in [-0.15, -0.1) is 0 Å². The highest BCUT2D eigenvalue weighted by Crippen LogP contribution is 2.33. The lowest BCUT2D eigenvalue weighted by Gasteiger charge is -2.39. The van der Waals surface area contributed by atoms with Gasteiger partial charge in [0, 0.05) is 5.92 Å². The van der Waals surface area contributed by atoms with E-state index >= 15 is 0 Å². The molecule has 0 aromatic heterocycles. The van der Waals surface area contributed by atoms with Crippen LogP contribution in [0.4, 0.5) is 0 Å². The molecule has 1 saturated heterocycles. The first-order valence-electron chi connectivity index (χ1n) is 7.21. The molecule has 2 aliphatic rings. The number of carbonyl (C=O) groups is 2. The summed E-state index contributed by atoms with van der Waals surface area (Å²) in [6.45, 7) is 5.65. The van der Waals surface area contributed by atoms with Gasteiger partial charge >= 0.3 is 5.97 Å². The molecule has 1 heterocycles. The van der Waals surface area contributed by atoms with Crippen LogP contribution in [0.2, 0.25) is 0 Å². The van der Waals surface area contributed by atoms with Crippen LogP contribution in [0, 0.1) is 17.8 Å². The second kappa shape index (κ2) is 5.49. The van der Waals surface area contributed by atoms with Crippen LogP contribution in [0.25, 0.3) is 0 Å². The second-order valence-electron chi connectivity index (χ2n) is 6.29. The molecule has 3 atom stereocenters. The van der Waals surface area contributed by atoms with Crippen LogP contribution >= 0.6 is 0 Å². The van der Waals surface area contributed by atoms with Crippen LogP contribution in [0.5, 0.6) is 0 Å². The molecule has 3 unspecified atom stereocenters. The molecule has 0 radical (unpaired) electrons. The highest BCUT2D eigenvalue weighted by Gasteiger charge is 2.44. The molecule has 1 aliphatic heterocycles. The zero-order chi connectivity index (χ0) is 14.0. The number of amides is 1. The van der Waals surface area contributed by atoms with Gasteiger partial charge in [-0.1, -0.05) is 26.7 Å². The van der Waals surface area contributed by atoms with Crippen molar-refractivity contribution in [2.75, 3.05) is 13.1 Å². The predicted octanol–water partition coefficient (Wildman–Crippen LogP) is 0.992. The van der Waals surface area contributed by atoms with Crippen LogP contribution in [0.1, 0.15) is 39.5 Å². The third-order valence-electron chi connectivity index (χ3n) is 4.70.